The topological polar surface area (TPSA) is 18.5 Å². The van der Waals surface area contributed by atoms with E-state index < -0.39 is 0 Å². The first-order valence-electron chi connectivity index (χ1n) is 30.0. The van der Waals surface area contributed by atoms with Gasteiger partial charge in [-0.3, -0.25) is 0 Å². The van der Waals surface area contributed by atoms with E-state index in [1.54, 1.807) is 0 Å². The number of unbranched alkanes of at least 4 members (excludes halogenated alkanes) is 30. The molecule has 6 rings (SSSR count). The molecule has 0 unspecified atom stereocenters. The number of aryl methyl sites for hydroxylation is 2. The molecule has 0 N–H and O–H groups in total. The van der Waals surface area contributed by atoms with Crippen LogP contribution in [0.15, 0.2) is 109 Å². The average Bonchev–Trinajstić information content (AvgIpc) is 3.42. The molecule has 2 heteroatoms. The van der Waals surface area contributed by atoms with Gasteiger partial charge in [0.2, 0.25) is 0 Å². The van der Waals surface area contributed by atoms with Gasteiger partial charge in [-0.25, -0.2) is 0 Å². The van der Waals surface area contributed by atoms with Crippen molar-refractivity contribution < 1.29 is 9.47 Å². The second kappa shape index (κ2) is 34.0. The zero-order valence-electron chi connectivity index (χ0n) is 46.3. The lowest BCUT2D eigenvalue weighted by atomic mass is 9.85. The quantitative estimate of drug-likeness (QED) is 0.0358. The van der Waals surface area contributed by atoms with Gasteiger partial charge in [-0.1, -0.05) is 304 Å². The van der Waals surface area contributed by atoms with Crippen molar-refractivity contribution in [3.05, 3.63) is 120 Å². The minimum Gasteiger partial charge on any atom is -0.495 e. The monoisotopic (exact) mass is 971 g/mol. The molecule has 6 aromatic rings. The van der Waals surface area contributed by atoms with Crippen molar-refractivity contribution >= 4 is 21.5 Å². The highest BCUT2D eigenvalue weighted by Crippen LogP contribution is 2.52. The van der Waals surface area contributed by atoms with Crippen LogP contribution in [0.4, 0.5) is 0 Å². The molecule has 0 bridgehead atoms. The van der Waals surface area contributed by atoms with Crippen LogP contribution in [0.1, 0.15) is 230 Å². The van der Waals surface area contributed by atoms with Gasteiger partial charge in [-0.2, -0.15) is 0 Å². The summed E-state index contributed by atoms with van der Waals surface area (Å²) in [6.45, 7) is 4.61. The molecule has 0 aliphatic heterocycles. The van der Waals surface area contributed by atoms with Crippen LogP contribution in [-0.4, -0.2) is 14.2 Å². The van der Waals surface area contributed by atoms with E-state index in [0.29, 0.717) is 0 Å². The third-order valence-corrected chi connectivity index (χ3v) is 15.8. The Morgan fingerprint density at radius 1 is 0.292 bits per heavy atom. The van der Waals surface area contributed by atoms with Crippen LogP contribution in [0.3, 0.4) is 0 Å². The molecule has 0 saturated heterocycles. The van der Waals surface area contributed by atoms with Crippen molar-refractivity contribution in [2.75, 3.05) is 14.2 Å². The van der Waals surface area contributed by atoms with Gasteiger partial charge >= 0.3 is 0 Å². The Bertz CT molecular complexity index is 2210. The Morgan fingerprint density at radius 3 is 0.847 bits per heavy atom. The van der Waals surface area contributed by atoms with Crippen molar-refractivity contribution in [1.82, 2.24) is 0 Å². The molecule has 0 aliphatic carbocycles. The largest absolute Gasteiger partial charge is 0.495 e. The minimum atomic E-state index is 0.890. The highest BCUT2D eigenvalue weighted by Gasteiger charge is 2.25. The lowest BCUT2D eigenvalue weighted by Gasteiger charge is -2.23. The van der Waals surface area contributed by atoms with Crippen molar-refractivity contribution in [2.45, 2.75) is 232 Å². The third-order valence-electron chi connectivity index (χ3n) is 15.8. The smallest absolute Gasteiger partial charge is 0.135 e. The molecule has 390 valence electrons. The Balaban J connectivity index is 1.13. The van der Waals surface area contributed by atoms with Crippen molar-refractivity contribution in [3.8, 4) is 44.9 Å². The Hall–Kier alpha value is -4.56. The predicted molar refractivity (Wildman–Crippen MR) is 317 cm³/mol. The summed E-state index contributed by atoms with van der Waals surface area (Å²) in [5, 5.41) is 4.90. The summed E-state index contributed by atoms with van der Waals surface area (Å²) in [5.41, 5.74) is 9.57. The first-order chi connectivity index (χ1) is 35.7. The minimum absolute atomic E-state index is 0.890. The summed E-state index contributed by atoms with van der Waals surface area (Å²) >= 11 is 0. The average molecular weight is 972 g/mol. The van der Waals surface area contributed by atoms with E-state index in [-0.39, 0.29) is 0 Å². The van der Waals surface area contributed by atoms with Crippen LogP contribution < -0.4 is 9.47 Å². The molecule has 6 aromatic carbocycles. The van der Waals surface area contributed by atoms with Gasteiger partial charge in [0.25, 0.3) is 0 Å². The van der Waals surface area contributed by atoms with E-state index >= 15 is 0 Å². The van der Waals surface area contributed by atoms with Crippen LogP contribution >= 0.6 is 0 Å². The van der Waals surface area contributed by atoms with Crippen LogP contribution in [0.5, 0.6) is 11.5 Å². The number of rotatable bonds is 39. The fourth-order valence-corrected chi connectivity index (χ4v) is 11.5. The molecule has 0 radical (unpaired) electrons. The van der Waals surface area contributed by atoms with E-state index in [1.807, 2.05) is 14.2 Å². The Kier molecular flexibility index (Phi) is 26.8. The molecule has 0 atom stereocenters. The van der Waals surface area contributed by atoms with Crippen molar-refractivity contribution in [2.24, 2.45) is 0 Å². The molecular weight excluding hydrogens is 873 g/mol. The highest BCUT2D eigenvalue weighted by atomic mass is 16.5. The standard InChI is InChI=1S/C70H98O2/c1-5-7-9-11-13-15-17-19-21-23-25-27-29-31-33-37-43-57-49-51-63-61(53-57)55-65(59-45-39-35-40-46-59)69(71-3)67(63)68-64-52-50-58(54-62(64)56-66(70(68)72-4)60-47-41-36-42-48-60)44-38-34-32-30-28-26-24-22-20-18-16-14-12-10-8-6-2/h35-36,39-42,45-56H,5-34,37-38,43-44H2,1-4H3. The molecular formula is C70H98O2. The fraction of sp³-hybridized carbons (Fsp3) is 0.543. The summed E-state index contributed by atoms with van der Waals surface area (Å²) in [7, 11) is 3.68. The van der Waals surface area contributed by atoms with Gasteiger partial charge in [0.05, 0.1) is 14.2 Å². The van der Waals surface area contributed by atoms with Gasteiger partial charge in [0.1, 0.15) is 11.5 Å². The second-order valence-corrected chi connectivity index (χ2v) is 21.6. The summed E-state index contributed by atoms with van der Waals surface area (Å²) in [6.07, 6.45) is 46.8. The molecule has 2 nitrogen and oxygen atoms in total. The zero-order valence-corrected chi connectivity index (χ0v) is 46.3. The number of methoxy groups -OCH3 is 2. The number of hydrogen-bond donors (Lipinski definition) is 0. The molecule has 0 aliphatic rings. The Morgan fingerprint density at radius 2 is 0.569 bits per heavy atom. The fourth-order valence-electron chi connectivity index (χ4n) is 11.5. The van der Waals surface area contributed by atoms with E-state index in [9.17, 15) is 0 Å². The first kappa shape index (κ1) is 56.7. The molecule has 0 saturated carbocycles. The molecule has 0 fully saturated rings. The van der Waals surface area contributed by atoms with Gasteiger partial charge in [-0.15, -0.1) is 0 Å². The maximum Gasteiger partial charge on any atom is 0.135 e. The summed E-state index contributed by atoms with van der Waals surface area (Å²) in [6, 6.07) is 40.8. The molecule has 0 spiro atoms. The first-order valence-corrected chi connectivity index (χ1v) is 30.0. The van der Waals surface area contributed by atoms with Gasteiger partial charge in [-0.05, 0) is 81.6 Å². The van der Waals surface area contributed by atoms with Crippen molar-refractivity contribution in [3.63, 3.8) is 0 Å². The van der Waals surface area contributed by atoms with Crippen molar-refractivity contribution in [1.29, 1.82) is 0 Å². The number of benzene rings is 6. The molecule has 0 amide bonds. The van der Waals surface area contributed by atoms with Gasteiger partial charge in [0.15, 0.2) is 0 Å². The van der Waals surface area contributed by atoms with Crippen LogP contribution in [0.25, 0.3) is 54.9 Å². The van der Waals surface area contributed by atoms with E-state index in [1.165, 1.54) is 238 Å². The zero-order chi connectivity index (χ0) is 50.3. The maximum absolute atomic E-state index is 6.59. The van der Waals surface area contributed by atoms with E-state index in [4.69, 9.17) is 9.47 Å². The number of hydrogen-bond acceptors (Lipinski definition) is 2. The summed E-state index contributed by atoms with van der Waals surface area (Å²) in [5.74, 6) is 1.78. The third kappa shape index (κ3) is 18.4. The van der Waals surface area contributed by atoms with E-state index in [2.05, 4.69) is 123 Å². The lowest BCUT2D eigenvalue weighted by Crippen LogP contribution is -2.00. The van der Waals surface area contributed by atoms with Crippen LogP contribution in [-0.2, 0) is 12.8 Å². The van der Waals surface area contributed by atoms with Gasteiger partial charge in [0, 0.05) is 22.3 Å². The second-order valence-electron chi connectivity index (χ2n) is 21.6. The summed E-state index contributed by atoms with van der Waals surface area (Å²) < 4.78 is 13.2. The number of ether oxygens (including phenoxy) is 2. The highest BCUT2D eigenvalue weighted by molar-refractivity contribution is 6.14. The Labute approximate surface area is 440 Å². The lowest BCUT2D eigenvalue weighted by molar-refractivity contribution is 0.413. The maximum atomic E-state index is 6.59. The summed E-state index contributed by atoms with van der Waals surface area (Å²) in [4.78, 5) is 0. The molecule has 72 heavy (non-hydrogen) atoms. The van der Waals surface area contributed by atoms with E-state index in [0.717, 1.165) is 57.7 Å². The molecule has 0 aromatic heterocycles. The normalized spacial score (nSPS) is 11.6. The SMILES string of the molecule is CCCCCCCCCCCCCCCCCCc1ccc2c(-c3c(OC)c(-c4ccccc4)cc4cc(CCCCCCCCCCCCCCCCCC)ccc34)c(OC)c(-c3ccccc3)cc2c1. The predicted octanol–water partition coefficient (Wildman–Crippen LogP) is 22.6. The van der Waals surface area contributed by atoms with Crippen LogP contribution in [0, 0.1) is 0 Å². The number of fused-ring (bicyclic) bond motifs is 2. The van der Waals surface area contributed by atoms with Crippen LogP contribution in [0.2, 0.25) is 0 Å². The van der Waals surface area contributed by atoms with Gasteiger partial charge < -0.3 is 9.47 Å². The molecule has 0 heterocycles.